The zero-order valence-electron chi connectivity index (χ0n) is 43.6. The summed E-state index contributed by atoms with van der Waals surface area (Å²) in [6, 6.07) is 44.2. The fourth-order valence-corrected chi connectivity index (χ4v) is 10.4. The van der Waals surface area contributed by atoms with E-state index >= 15 is 0 Å². The molecule has 11 rings (SSSR count). The quantitative estimate of drug-likeness (QED) is 0.0825. The monoisotopic (exact) mass is 1070 g/mol. The average Bonchev–Trinajstić information content (AvgIpc) is 4.33. The molecule has 0 radical (unpaired) electrons. The number of thioether (sulfide) groups is 2. The van der Waals surface area contributed by atoms with Crippen molar-refractivity contribution >= 4 is 80.4 Å². The molecule has 5 heterocycles. The minimum atomic E-state index is -0.378. The van der Waals surface area contributed by atoms with Crippen molar-refractivity contribution in [3.05, 3.63) is 156 Å². The molecule has 398 valence electrons. The fraction of sp³-hybridized carbons (Fsp3) is 0.288. The number of imidazole rings is 2. The summed E-state index contributed by atoms with van der Waals surface area (Å²) < 4.78 is 28.7. The summed E-state index contributed by atoms with van der Waals surface area (Å²) in [5, 5.41) is 3.67. The summed E-state index contributed by atoms with van der Waals surface area (Å²) in [4.78, 5) is 57.3. The molecule has 0 spiro atoms. The maximum Gasteiger partial charge on any atom is 0.286 e. The Morgan fingerprint density at radius 2 is 1.14 bits per heavy atom. The van der Waals surface area contributed by atoms with Crippen LogP contribution < -0.4 is 39.4 Å². The Bertz CT molecular complexity index is 3330. The van der Waals surface area contributed by atoms with Gasteiger partial charge in [-0.25, -0.2) is 9.97 Å². The molecule has 3 fully saturated rings. The number of carbonyl (C=O) groups excluding carboxylic acids is 4. The normalized spacial score (nSPS) is 14.9. The fourth-order valence-electron chi connectivity index (χ4n) is 9.24. The van der Waals surface area contributed by atoms with Gasteiger partial charge < -0.3 is 37.9 Å². The van der Waals surface area contributed by atoms with Crippen molar-refractivity contribution in [1.82, 2.24) is 29.7 Å². The average molecular weight is 1080 g/mol. The first-order valence-corrected chi connectivity index (χ1v) is 27.9. The van der Waals surface area contributed by atoms with Crippen LogP contribution in [0, 0.1) is 6.92 Å². The van der Waals surface area contributed by atoms with Crippen LogP contribution in [-0.4, -0.2) is 86.0 Å². The van der Waals surface area contributed by atoms with Gasteiger partial charge in [-0.3, -0.25) is 29.8 Å². The molecule has 3 saturated heterocycles. The molecule has 16 nitrogen and oxygen atoms in total. The highest BCUT2D eigenvalue weighted by molar-refractivity contribution is 8.15. The highest BCUT2D eigenvalue weighted by Crippen LogP contribution is 2.37. The van der Waals surface area contributed by atoms with Gasteiger partial charge in [0.1, 0.15) is 47.9 Å². The third-order valence-corrected chi connectivity index (χ3v) is 14.9. The lowest BCUT2D eigenvalue weighted by Gasteiger charge is -2.21. The Morgan fingerprint density at radius 1 is 0.675 bits per heavy atom. The number of anilines is 2. The Balaban J connectivity index is 0.000000167. The van der Waals surface area contributed by atoms with Gasteiger partial charge in [-0.2, -0.15) is 11.8 Å². The number of rotatable bonds is 17. The van der Waals surface area contributed by atoms with E-state index in [1.807, 2.05) is 127 Å². The van der Waals surface area contributed by atoms with E-state index in [-0.39, 0.29) is 22.3 Å². The SMILES string of the molecule is CSCC(=O)NC=O.Cc1ccc(OCc2nc3ccc(Oc4ccccc4N4CCCC4)cc3n2C)cc1.Cn1c(COc2ccc(CC3SC(=O)NC3=O)cc2)nc2ccc(Oc3ccccc3N3CCCC3)cc21. The Morgan fingerprint density at radius 3 is 1.60 bits per heavy atom. The summed E-state index contributed by atoms with van der Waals surface area (Å²) in [6.07, 6.45) is 7.59. The largest absolute Gasteiger partial charge is 0.486 e. The summed E-state index contributed by atoms with van der Waals surface area (Å²) >= 11 is 2.42. The van der Waals surface area contributed by atoms with Crippen LogP contribution in [0.25, 0.3) is 22.1 Å². The minimum absolute atomic E-state index is 0.230. The molecule has 3 aliphatic heterocycles. The van der Waals surface area contributed by atoms with Crippen LogP contribution in [0.5, 0.6) is 34.5 Å². The van der Waals surface area contributed by atoms with E-state index in [1.54, 1.807) is 6.26 Å². The molecular weight excluding hydrogens is 1010 g/mol. The number of aromatic nitrogens is 4. The molecule has 6 aromatic carbocycles. The van der Waals surface area contributed by atoms with Gasteiger partial charge in [-0.15, -0.1) is 0 Å². The van der Waals surface area contributed by atoms with E-state index < -0.39 is 0 Å². The van der Waals surface area contributed by atoms with Gasteiger partial charge in [0, 0.05) is 52.4 Å². The highest BCUT2D eigenvalue weighted by Gasteiger charge is 2.31. The number of fused-ring (bicyclic) bond motifs is 2. The molecule has 18 heteroatoms. The highest BCUT2D eigenvalue weighted by atomic mass is 32.2. The van der Waals surface area contributed by atoms with Crippen LogP contribution in [0.3, 0.4) is 0 Å². The number of ether oxygens (including phenoxy) is 4. The van der Waals surface area contributed by atoms with Gasteiger partial charge in [-0.1, -0.05) is 65.9 Å². The molecule has 8 aromatic rings. The first-order valence-electron chi connectivity index (χ1n) is 25.6. The Kier molecular flexibility index (Phi) is 18.0. The van der Waals surface area contributed by atoms with Crippen molar-refractivity contribution in [2.24, 2.45) is 14.1 Å². The molecule has 0 saturated carbocycles. The lowest BCUT2D eigenvalue weighted by molar-refractivity contribution is -0.123. The van der Waals surface area contributed by atoms with Crippen LogP contribution in [0.2, 0.25) is 0 Å². The van der Waals surface area contributed by atoms with E-state index in [1.165, 1.54) is 43.0 Å². The van der Waals surface area contributed by atoms with Gasteiger partial charge in [0.25, 0.3) is 5.24 Å². The number of aryl methyl sites for hydroxylation is 3. The summed E-state index contributed by atoms with van der Waals surface area (Å²) in [5.41, 5.74) is 8.30. The molecule has 2 aromatic heterocycles. The molecule has 1 atom stereocenters. The molecule has 4 amide bonds. The third kappa shape index (κ3) is 13.9. The second kappa shape index (κ2) is 25.7. The van der Waals surface area contributed by atoms with E-state index in [9.17, 15) is 19.2 Å². The zero-order valence-corrected chi connectivity index (χ0v) is 45.2. The number of hydrogen-bond acceptors (Lipinski definition) is 14. The summed E-state index contributed by atoms with van der Waals surface area (Å²) in [7, 11) is 4.00. The van der Waals surface area contributed by atoms with Gasteiger partial charge in [0.15, 0.2) is 11.5 Å². The lowest BCUT2D eigenvalue weighted by Crippen LogP contribution is -2.25. The number of benzene rings is 6. The maximum atomic E-state index is 11.8. The zero-order chi connectivity index (χ0) is 53.7. The van der Waals surface area contributed by atoms with E-state index in [2.05, 4.69) is 56.9 Å². The number of carbonyl (C=O) groups is 4. The lowest BCUT2D eigenvalue weighted by atomic mass is 10.1. The van der Waals surface area contributed by atoms with Crippen LogP contribution in [0.15, 0.2) is 133 Å². The predicted octanol–water partition coefficient (Wildman–Crippen LogP) is 10.9. The Labute approximate surface area is 456 Å². The minimum Gasteiger partial charge on any atom is -0.486 e. The van der Waals surface area contributed by atoms with Gasteiger partial charge in [-0.05, 0) is 124 Å². The molecule has 0 bridgehead atoms. The van der Waals surface area contributed by atoms with E-state index in [0.717, 1.165) is 117 Å². The number of imide groups is 2. The van der Waals surface area contributed by atoms with E-state index in [4.69, 9.17) is 28.9 Å². The van der Waals surface area contributed by atoms with Crippen LogP contribution in [-0.2, 0) is 48.1 Å². The molecule has 3 aliphatic rings. The number of hydrogen-bond donors (Lipinski definition) is 2. The third-order valence-electron chi connectivity index (χ3n) is 13.3. The van der Waals surface area contributed by atoms with Crippen molar-refractivity contribution in [2.75, 3.05) is 48.0 Å². The van der Waals surface area contributed by atoms with Crippen molar-refractivity contribution in [3.63, 3.8) is 0 Å². The van der Waals surface area contributed by atoms with Crippen LogP contribution in [0.1, 0.15) is 48.5 Å². The maximum absolute atomic E-state index is 11.8. The molecule has 77 heavy (non-hydrogen) atoms. The Hall–Kier alpha value is -7.96. The van der Waals surface area contributed by atoms with Gasteiger partial charge in [0.2, 0.25) is 18.2 Å². The number of amides is 4. The standard InChI is InChI=1S/C29H28N4O4S.C26H27N3O2.C4H7NO2S/c1-32-24-17-21(37-25-7-3-2-6-23(25)33-14-4-5-15-33)12-13-22(24)30-27(32)18-36-20-10-8-19(9-11-20)16-26-28(34)31-29(35)38-26;1-19-9-11-20(12-10-19)30-18-26-27-22-14-13-21(17-24(22)28(26)2)31-25-8-4-3-7-23(25)29-15-5-6-16-29;1-8-2-4(7)5-3-6/h2-3,6-13,17,26H,4-5,14-16,18H2,1H3,(H,31,34,35);3-4,7-14,17H,5-6,15-16,18H2,1-2H3;3H,2H2,1H3,(H,5,6,7). The molecule has 1 unspecified atom stereocenters. The van der Waals surface area contributed by atoms with E-state index in [0.29, 0.717) is 37.5 Å². The second-order valence-electron chi connectivity index (χ2n) is 18.7. The second-order valence-corrected chi connectivity index (χ2v) is 20.8. The molecule has 2 N–H and O–H groups in total. The van der Waals surface area contributed by atoms with Crippen molar-refractivity contribution in [3.8, 4) is 34.5 Å². The molecule has 0 aliphatic carbocycles. The number of para-hydroxylation sites is 4. The predicted molar refractivity (Wildman–Crippen MR) is 305 cm³/mol. The molecular formula is C59H62N8O8S2. The van der Waals surface area contributed by atoms with Crippen molar-refractivity contribution in [1.29, 1.82) is 0 Å². The topological polar surface area (TPSA) is 171 Å². The van der Waals surface area contributed by atoms with Gasteiger partial charge >= 0.3 is 0 Å². The first kappa shape index (κ1) is 53.9. The summed E-state index contributed by atoms with van der Waals surface area (Å²) in [5.74, 6) is 6.46. The smallest absolute Gasteiger partial charge is 0.286 e. The van der Waals surface area contributed by atoms with Crippen molar-refractivity contribution < 1.29 is 38.1 Å². The van der Waals surface area contributed by atoms with Crippen LogP contribution in [0.4, 0.5) is 16.2 Å². The van der Waals surface area contributed by atoms with Crippen LogP contribution >= 0.6 is 23.5 Å². The van der Waals surface area contributed by atoms with Gasteiger partial charge in [0.05, 0.1) is 44.4 Å². The summed E-state index contributed by atoms with van der Waals surface area (Å²) in [6.45, 7) is 7.10. The first-order chi connectivity index (χ1) is 37.5. The number of nitrogens with zero attached hydrogens (tertiary/aromatic N) is 6. The number of nitrogens with one attached hydrogen (secondary N) is 2. The van der Waals surface area contributed by atoms with Crippen molar-refractivity contribution in [2.45, 2.75) is 57.5 Å².